The Kier molecular flexibility index (Phi) is 4.78. The first-order valence-corrected chi connectivity index (χ1v) is 9.66. The van der Waals surface area contributed by atoms with E-state index in [0.717, 1.165) is 32.2 Å². The van der Waals surface area contributed by atoms with Gasteiger partial charge in [0.05, 0.1) is 12.0 Å². The van der Waals surface area contributed by atoms with Gasteiger partial charge >= 0.3 is 0 Å². The topological polar surface area (TPSA) is 88.0 Å². The summed E-state index contributed by atoms with van der Waals surface area (Å²) >= 11 is 1.76. The smallest absolute Gasteiger partial charge is 0.233 e. The maximum atomic E-state index is 13.0. The average molecular weight is 361 g/mol. The minimum atomic E-state index is -0.232. The van der Waals surface area contributed by atoms with Crippen LogP contribution in [0.15, 0.2) is 17.5 Å². The van der Waals surface area contributed by atoms with Crippen LogP contribution in [0.4, 0.5) is 0 Å². The highest BCUT2D eigenvalue weighted by atomic mass is 32.1. The van der Waals surface area contributed by atoms with Crippen LogP contribution in [0.3, 0.4) is 0 Å². The molecule has 2 aromatic heterocycles. The molecule has 0 radical (unpaired) electrons. The fourth-order valence-electron chi connectivity index (χ4n) is 3.70. The van der Waals surface area contributed by atoms with E-state index in [1.54, 1.807) is 16.0 Å². The number of hydrogen-bond donors (Lipinski definition) is 2. The van der Waals surface area contributed by atoms with Gasteiger partial charge in [0.25, 0.3) is 0 Å². The number of carbonyl (C=O) groups excluding carboxylic acids is 1. The normalized spacial score (nSPS) is 26.2. The lowest BCUT2D eigenvalue weighted by Gasteiger charge is -2.24. The van der Waals surface area contributed by atoms with E-state index in [-0.39, 0.29) is 17.9 Å². The molecule has 0 saturated carbocycles. The molecule has 25 heavy (non-hydrogen) atoms. The van der Waals surface area contributed by atoms with Crippen LogP contribution in [-0.2, 0) is 11.3 Å². The molecule has 0 aromatic carbocycles. The summed E-state index contributed by atoms with van der Waals surface area (Å²) in [5.41, 5.74) is 6.67. The van der Waals surface area contributed by atoms with Crippen LogP contribution in [0.2, 0.25) is 0 Å². The van der Waals surface area contributed by atoms with Gasteiger partial charge in [0.2, 0.25) is 5.91 Å². The molecule has 3 unspecified atom stereocenters. The van der Waals surface area contributed by atoms with Crippen LogP contribution in [0, 0.1) is 0 Å². The molecule has 1 fully saturated rings. The van der Waals surface area contributed by atoms with Crippen molar-refractivity contribution in [2.75, 3.05) is 13.6 Å². The number of amides is 1. The van der Waals surface area contributed by atoms with E-state index in [1.807, 2.05) is 11.9 Å². The summed E-state index contributed by atoms with van der Waals surface area (Å²) < 4.78 is 1.78. The first-order chi connectivity index (χ1) is 12.2. The summed E-state index contributed by atoms with van der Waals surface area (Å²) in [6, 6.07) is 4.77. The van der Waals surface area contributed by atoms with Crippen molar-refractivity contribution in [1.82, 2.24) is 36.0 Å². The summed E-state index contributed by atoms with van der Waals surface area (Å²) in [6.45, 7) is 1.47. The summed E-state index contributed by atoms with van der Waals surface area (Å²) in [5, 5.41) is 14.0. The van der Waals surface area contributed by atoms with Crippen LogP contribution in [0.5, 0.6) is 0 Å². The Hall–Kier alpha value is -1.84. The number of likely N-dealkylation sites (N-methyl/N-ethyl adjacent to an activating group) is 1. The van der Waals surface area contributed by atoms with Gasteiger partial charge in [-0.25, -0.2) is 10.1 Å². The number of hydrazine groups is 1. The van der Waals surface area contributed by atoms with Crippen molar-refractivity contribution in [3.8, 4) is 0 Å². The third-order valence-corrected chi connectivity index (χ3v) is 6.01. The molecular formula is C16H23N7OS. The molecule has 3 atom stereocenters. The first-order valence-electron chi connectivity index (χ1n) is 8.78. The second kappa shape index (κ2) is 7.19. The van der Waals surface area contributed by atoms with Crippen LogP contribution in [0.1, 0.15) is 48.3 Å². The SMILES string of the molecule is CN(CC1CC(c2cccs2)NN1)C(=O)C1CCCCn2nnnc21. The van der Waals surface area contributed by atoms with Gasteiger partial charge in [-0.15, -0.1) is 16.4 Å². The lowest BCUT2D eigenvalue weighted by atomic mass is 10.0. The highest BCUT2D eigenvalue weighted by Gasteiger charge is 2.33. The molecule has 0 bridgehead atoms. The van der Waals surface area contributed by atoms with Crippen LogP contribution in [0.25, 0.3) is 0 Å². The van der Waals surface area contributed by atoms with Gasteiger partial charge in [-0.1, -0.05) is 12.5 Å². The van der Waals surface area contributed by atoms with Crippen molar-refractivity contribution in [3.63, 3.8) is 0 Å². The van der Waals surface area contributed by atoms with Crippen LogP contribution >= 0.6 is 11.3 Å². The third kappa shape index (κ3) is 3.44. The van der Waals surface area contributed by atoms with E-state index in [4.69, 9.17) is 0 Å². The van der Waals surface area contributed by atoms with Crippen molar-refractivity contribution in [2.24, 2.45) is 0 Å². The fourth-order valence-corrected chi connectivity index (χ4v) is 4.49. The summed E-state index contributed by atoms with van der Waals surface area (Å²) in [7, 11) is 1.88. The molecular weight excluding hydrogens is 338 g/mol. The first kappa shape index (κ1) is 16.6. The van der Waals surface area contributed by atoms with Crippen LogP contribution in [-0.4, -0.2) is 50.6 Å². The Morgan fingerprint density at radius 2 is 2.36 bits per heavy atom. The predicted octanol–water partition coefficient (Wildman–Crippen LogP) is 1.07. The van der Waals surface area contributed by atoms with E-state index < -0.39 is 0 Å². The second-order valence-corrected chi connectivity index (χ2v) is 7.80. The minimum Gasteiger partial charge on any atom is -0.344 e. The van der Waals surface area contributed by atoms with Gasteiger partial charge in [0.1, 0.15) is 0 Å². The predicted molar refractivity (Wildman–Crippen MR) is 93.8 cm³/mol. The Balaban J connectivity index is 1.38. The number of carbonyl (C=O) groups is 1. The van der Waals surface area contributed by atoms with E-state index in [2.05, 4.69) is 43.9 Å². The van der Waals surface area contributed by atoms with Crippen LogP contribution < -0.4 is 10.9 Å². The second-order valence-electron chi connectivity index (χ2n) is 6.82. The molecule has 4 heterocycles. The number of fused-ring (bicyclic) bond motifs is 1. The molecule has 0 aliphatic carbocycles. The van der Waals surface area contributed by atoms with E-state index in [0.29, 0.717) is 18.4 Å². The van der Waals surface area contributed by atoms with Crippen molar-refractivity contribution in [3.05, 3.63) is 28.2 Å². The van der Waals surface area contributed by atoms with Gasteiger partial charge in [-0.2, -0.15) is 0 Å². The number of rotatable bonds is 4. The van der Waals surface area contributed by atoms with Gasteiger partial charge < -0.3 is 4.90 Å². The highest BCUT2D eigenvalue weighted by molar-refractivity contribution is 7.10. The molecule has 4 rings (SSSR count). The van der Waals surface area contributed by atoms with Gasteiger partial charge in [0.15, 0.2) is 5.82 Å². The molecule has 2 N–H and O–H groups in total. The summed E-state index contributed by atoms with van der Waals surface area (Å²) in [6.07, 6.45) is 3.82. The maximum absolute atomic E-state index is 13.0. The lowest BCUT2D eigenvalue weighted by Crippen LogP contribution is -2.43. The van der Waals surface area contributed by atoms with Gasteiger partial charge in [-0.05, 0) is 41.1 Å². The van der Waals surface area contributed by atoms with E-state index >= 15 is 0 Å². The standard InChI is InChI=1S/C16H23N7OS/c1-22(10-11-9-13(18-17-11)14-6-4-8-25-14)16(24)12-5-2-3-7-23-15(12)19-20-21-23/h4,6,8,11-13,17-18H,2-3,5,7,9-10H2,1H3. The van der Waals surface area contributed by atoms with Crippen molar-refractivity contribution >= 4 is 17.2 Å². The molecule has 2 aliphatic heterocycles. The molecule has 0 spiro atoms. The zero-order chi connectivity index (χ0) is 17.2. The monoisotopic (exact) mass is 361 g/mol. The molecule has 9 heteroatoms. The lowest BCUT2D eigenvalue weighted by molar-refractivity contribution is -0.132. The largest absolute Gasteiger partial charge is 0.344 e. The van der Waals surface area contributed by atoms with Gasteiger partial charge in [0, 0.05) is 31.1 Å². The number of aromatic nitrogens is 4. The fraction of sp³-hybridized carbons (Fsp3) is 0.625. The Bertz CT molecular complexity index is 716. The molecule has 134 valence electrons. The summed E-state index contributed by atoms with van der Waals surface area (Å²) in [5.74, 6) is 0.590. The maximum Gasteiger partial charge on any atom is 0.233 e. The zero-order valence-electron chi connectivity index (χ0n) is 14.3. The number of aryl methyl sites for hydroxylation is 1. The Labute approximate surface area is 150 Å². The highest BCUT2D eigenvalue weighted by Crippen LogP contribution is 2.28. The molecule has 1 amide bonds. The number of nitrogens with one attached hydrogen (secondary N) is 2. The zero-order valence-corrected chi connectivity index (χ0v) is 15.1. The quantitative estimate of drug-likeness (QED) is 0.847. The number of tetrazole rings is 1. The van der Waals surface area contributed by atoms with Crippen molar-refractivity contribution in [1.29, 1.82) is 0 Å². The van der Waals surface area contributed by atoms with Gasteiger partial charge in [-0.3, -0.25) is 10.2 Å². The Morgan fingerprint density at radius 1 is 1.44 bits per heavy atom. The van der Waals surface area contributed by atoms with E-state index in [9.17, 15) is 4.79 Å². The summed E-state index contributed by atoms with van der Waals surface area (Å²) in [4.78, 5) is 16.1. The number of nitrogens with zero attached hydrogens (tertiary/aromatic N) is 5. The van der Waals surface area contributed by atoms with Crippen molar-refractivity contribution in [2.45, 2.75) is 50.2 Å². The molecule has 2 aromatic rings. The third-order valence-electron chi connectivity index (χ3n) is 5.02. The Morgan fingerprint density at radius 3 is 3.20 bits per heavy atom. The number of thiophene rings is 1. The molecule has 8 nitrogen and oxygen atoms in total. The number of hydrogen-bond acceptors (Lipinski definition) is 7. The van der Waals surface area contributed by atoms with Crippen molar-refractivity contribution < 1.29 is 4.79 Å². The van der Waals surface area contributed by atoms with E-state index in [1.165, 1.54) is 4.88 Å². The average Bonchev–Trinajstić information content (AvgIpc) is 3.34. The minimum absolute atomic E-state index is 0.110. The molecule has 2 aliphatic rings. The molecule has 1 saturated heterocycles.